The Labute approximate surface area is 172 Å². The summed E-state index contributed by atoms with van der Waals surface area (Å²) < 4.78 is 12.2. The molecule has 29 heavy (non-hydrogen) atoms. The molecule has 2 aliphatic rings. The average Bonchev–Trinajstić information content (AvgIpc) is 3.31. The van der Waals surface area contributed by atoms with E-state index >= 15 is 0 Å². The molecule has 1 aliphatic heterocycles. The van der Waals surface area contributed by atoms with Gasteiger partial charge in [0.2, 0.25) is 0 Å². The molecule has 1 aliphatic carbocycles. The monoisotopic (exact) mass is 395 g/mol. The van der Waals surface area contributed by atoms with Gasteiger partial charge in [0.1, 0.15) is 0 Å². The molecule has 0 bridgehead atoms. The van der Waals surface area contributed by atoms with E-state index in [1.165, 1.54) is 0 Å². The first-order valence-corrected chi connectivity index (χ1v) is 10.3. The van der Waals surface area contributed by atoms with Gasteiger partial charge in [0.05, 0.1) is 0 Å². The number of ether oxygens (including phenoxy) is 2. The molecule has 2 aromatic rings. The summed E-state index contributed by atoms with van der Waals surface area (Å²) in [5, 5.41) is 3.03. The standard InChI is InChI=1S/C23H29N3O3/c1-25(2)14-15-26(17-18-8-4-3-5-9-18)22(27)24-19-10-11-20-21(16-19)29-23(28-20)12-6-7-13-23/h3-5,8-11,16H,6-7,12-15,17H2,1-2H3,(H,24,27). The van der Waals surface area contributed by atoms with E-state index in [1.807, 2.05) is 67.5 Å². The van der Waals surface area contributed by atoms with Gasteiger partial charge in [-0.05, 0) is 44.6 Å². The smallest absolute Gasteiger partial charge is 0.322 e. The number of hydrogen-bond donors (Lipinski definition) is 1. The van der Waals surface area contributed by atoms with E-state index in [-0.39, 0.29) is 6.03 Å². The Kier molecular flexibility index (Phi) is 5.62. The summed E-state index contributed by atoms with van der Waals surface area (Å²) in [7, 11) is 4.02. The van der Waals surface area contributed by atoms with Gasteiger partial charge in [-0.3, -0.25) is 0 Å². The van der Waals surface area contributed by atoms with Crippen LogP contribution < -0.4 is 14.8 Å². The fraction of sp³-hybridized carbons (Fsp3) is 0.435. The summed E-state index contributed by atoms with van der Waals surface area (Å²) >= 11 is 0. The van der Waals surface area contributed by atoms with Crippen molar-refractivity contribution < 1.29 is 14.3 Å². The summed E-state index contributed by atoms with van der Waals surface area (Å²) in [4.78, 5) is 16.9. The SMILES string of the molecule is CN(C)CCN(Cc1ccccc1)C(=O)Nc1ccc2c(c1)OC1(CCCC1)O2. The Morgan fingerprint density at radius 2 is 1.72 bits per heavy atom. The predicted molar refractivity (Wildman–Crippen MR) is 113 cm³/mol. The number of carbonyl (C=O) groups excluding carboxylic acids is 1. The highest BCUT2D eigenvalue weighted by molar-refractivity contribution is 5.89. The van der Waals surface area contributed by atoms with Gasteiger partial charge in [0.25, 0.3) is 5.79 Å². The van der Waals surface area contributed by atoms with Gasteiger partial charge in [-0.25, -0.2) is 4.79 Å². The fourth-order valence-electron chi connectivity index (χ4n) is 3.87. The summed E-state index contributed by atoms with van der Waals surface area (Å²) in [6, 6.07) is 15.6. The Balaban J connectivity index is 1.44. The summed E-state index contributed by atoms with van der Waals surface area (Å²) in [6.45, 7) is 2.00. The van der Waals surface area contributed by atoms with Crippen LogP contribution in [0.1, 0.15) is 31.2 Å². The van der Waals surface area contributed by atoms with Crippen LogP contribution in [0.4, 0.5) is 10.5 Å². The Hall–Kier alpha value is -2.73. The maximum absolute atomic E-state index is 13.0. The Bertz CT molecular complexity index is 848. The second kappa shape index (κ2) is 8.33. The molecule has 0 radical (unpaired) electrons. The van der Waals surface area contributed by atoms with Crippen LogP contribution in [0.3, 0.4) is 0 Å². The zero-order valence-electron chi connectivity index (χ0n) is 17.2. The molecule has 1 heterocycles. The number of benzene rings is 2. The van der Waals surface area contributed by atoms with Crippen LogP contribution in [0.15, 0.2) is 48.5 Å². The number of nitrogens with zero attached hydrogens (tertiary/aromatic N) is 2. The first-order valence-electron chi connectivity index (χ1n) is 10.3. The van der Waals surface area contributed by atoms with Gasteiger partial charge < -0.3 is 24.6 Å². The topological polar surface area (TPSA) is 54.0 Å². The molecule has 0 saturated heterocycles. The molecule has 2 amide bonds. The fourth-order valence-corrected chi connectivity index (χ4v) is 3.87. The molecule has 0 aromatic heterocycles. The van der Waals surface area contributed by atoms with Crippen molar-refractivity contribution in [1.82, 2.24) is 9.80 Å². The molecule has 0 atom stereocenters. The Morgan fingerprint density at radius 3 is 2.45 bits per heavy atom. The van der Waals surface area contributed by atoms with Crippen molar-refractivity contribution in [3.63, 3.8) is 0 Å². The second-order valence-corrected chi connectivity index (χ2v) is 8.12. The number of anilines is 1. The minimum atomic E-state index is -0.490. The lowest BCUT2D eigenvalue weighted by Crippen LogP contribution is -2.39. The molecule has 0 unspecified atom stereocenters. The second-order valence-electron chi connectivity index (χ2n) is 8.12. The third kappa shape index (κ3) is 4.65. The van der Waals surface area contributed by atoms with Crippen molar-refractivity contribution >= 4 is 11.7 Å². The van der Waals surface area contributed by atoms with Crippen molar-refractivity contribution in [2.24, 2.45) is 0 Å². The molecule has 1 saturated carbocycles. The van der Waals surface area contributed by atoms with Gasteiger partial charge in [0.15, 0.2) is 11.5 Å². The summed E-state index contributed by atoms with van der Waals surface area (Å²) in [5.74, 6) is 0.988. The van der Waals surface area contributed by atoms with E-state index in [9.17, 15) is 4.79 Å². The van der Waals surface area contributed by atoms with Crippen molar-refractivity contribution in [3.8, 4) is 11.5 Å². The zero-order chi connectivity index (χ0) is 20.3. The number of nitrogens with one attached hydrogen (secondary N) is 1. The van der Waals surface area contributed by atoms with Gasteiger partial charge in [-0.1, -0.05) is 30.3 Å². The molecule has 4 rings (SSSR count). The van der Waals surface area contributed by atoms with Crippen LogP contribution >= 0.6 is 0 Å². The van der Waals surface area contributed by atoms with Crippen molar-refractivity contribution in [2.75, 3.05) is 32.5 Å². The average molecular weight is 396 g/mol. The van der Waals surface area contributed by atoms with Crippen molar-refractivity contribution in [3.05, 3.63) is 54.1 Å². The lowest BCUT2D eigenvalue weighted by atomic mass is 10.2. The maximum Gasteiger partial charge on any atom is 0.322 e. The van der Waals surface area contributed by atoms with Crippen LogP contribution in [0.2, 0.25) is 0 Å². The third-order valence-corrected chi connectivity index (χ3v) is 5.47. The van der Waals surface area contributed by atoms with Crippen LogP contribution in [0.5, 0.6) is 11.5 Å². The lowest BCUT2D eigenvalue weighted by molar-refractivity contribution is -0.0716. The van der Waals surface area contributed by atoms with E-state index in [1.54, 1.807) is 0 Å². The van der Waals surface area contributed by atoms with Gasteiger partial charge in [0, 0.05) is 44.2 Å². The van der Waals surface area contributed by atoms with E-state index in [0.717, 1.165) is 49.2 Å². The van der Waals surface area contributed by atoms with E-state index in [2.05, 4.69) is 10.2 Å². The first kappa shape index (κ1) is 19.6. The number of rotatable bonds is 6. The third-order valence-electron chi connectivity index (χ3n) is 5.47. The molecular weight excluding hydrogens is 366 g/mol. The molecule has 1 N–H and O–H groups in total. The van der Waals surface area contributed by atoms with Crippen LogP contribution in [-0.4, -0.2) is 48.8 Å². The zero-order valence-corrected chi connectivity index (χ0v) is 17.2. The minimum absolute atomic E-state index is 0.120. The number of carbonyl (C=O) groups is 1. The lowest BCUT2D eigenvalue weighted by Gasteiger charge is -2.25. The van der Waals surface area contributed by atoms with Crippen LogP contribution in [0.25, 0.3) is 0 Å². The highest BCUT2D eigenvalue weighted by Gasteiger charge is 2.44. The predicted octanol–water partition coefficient (Wildman–Crippen LogP) is 4.32. The van der Waals surface area contributed by atoms with E-state index < -0.39 is 5.79 Å². The van der Waals surface area contributed by atoms with E-state index in [4.69, 9.17) is 9.47 Å². The number of urea groups is 1. The molecule has 154 valence electrons. The highest BCUT2D eigenvalue weighted by atomic mass is 16.7. The molecule has 1 spiro atoms. The molecule has 6 nitrogen and oxygen atoms in total. The molecule has 1 fully saturated rings. The molecule has 2 aromatic carbocycles. The first-order chi connectivity index (χ1) is 14.0. The highest BCUT2D eigenvalue weighted by Crippen LogP contribution is 2.47. The number of fused-ring (bicyclic) bond motifs is 1. The number of amides is 2. The van der Waals surface area contributed by atoms with Gasteiger partial charge in [-0.2, -0.15) is 0 Å². The van der Waals surface area contributed by atoms with Crippen molar-refractivity contribution in [1.29, 1.82) is 0 Å². The molecule has 6 heteroatoms. The normalized spacial score (nSPS) is 16.4. The van der Waals surface area contributed by atoms with Crippen LogP contribution in [-0.2, 0) is 6.54 Å². The minimum Gasteiger partial charge on any atom is -0.448 e. The Morgan fingerprint density at radius 1 is 1.00 bits per heavy atom. The maximum atomic E-state index is 13.0. The number of hydrogen-bond acceptors (Lipinski definition) is 4. The van der Waals surface area contributed by atoms with E-state index in [0.29, 0.717) is 18.8 Å². The molecular formula is C23H29N3O3. The van der Waals surface area contributed by atoms with Crippen molar-refractivity contribution in [2.45, 2.75) is 38.0 Å². The quantitative estimate of drug-likeness (QED) is 0.791. The summed E-state index contributed by atoms with van der Waals surface area (Å²) in [5.41, 5.74) is 1.82. The number of likely N-dealkylation sites (N-methyl/N-ethyl adjacent to an activating group) is 1. The van der Waals surface area contributed by atoms with Gasteiger partial charge >= 0.3 is 6.03 Å². The largest absolute Gasteiger partial charge is 0.448 e. The summed E-state index contributed by atoms with van der Waals surface area (Å²) in [6.07, 6.45) is 4.08. The van der Waals surface area contributed by atoms with Crippen LogP contribution in [0, 0.1) is 0 Å². The van der Waals surface area contributed by atoms with Gasteiger partial charge in [-0.15, -0.1) is 0 Å².